The molecular weight excluding hydrogens is 350 g/mol. The van der Waals surface area contributed by atoms with Gasteiger partial charge in [-0.25, -0.2) is 0 Å². The van der Waals surface area contributed by atoms with E-state index in [1.807, 2.05) is 32.0 Å². The molecule has 1 aromatic heterocycles. The number of benzene rings is 1. The minimum atomic E-state index is -0.234. The van der Waals surface area contributed by atoms with E-state index in [-0.39, 0.29) is 18.0 Å². The van der Waals surface area contributed by atoms with Crippen LogP contribution in [0.1, 0.15) is 63.6 Å². The first kappa shape index (κ1) is 20.3. The molecule has 2 heterocycles. The van der Waals surface area contributed by atoms with Crippen LogP contribution >= 0.6 is 11.6 Å². The van der Waals surface area contributed by atoms with E-state index in [1.54, 1.807) is 12.5 Å². The van der Waals surface area contributed by atoms with E-state index >= 15 is 0 Å². The van der Waals surface area contributed by atoms with Gasteiger partial charge in [-0.1, -0.05) is 50.4 Å². The van der Waals surface area contributed by atoms with Crippen molar-refractivity contribution >= 4 is 23.2 Å². The van der Waals surface area contributed by atoms with Gasteiger partial charge in [0, 0.05) is 16.3 Å². The first-order valence-electron chi connectivity index (χ1n) is 9.42. The Kier molecular flexibility index (Phi) is 7.98. The van der Waals surface area contributed by atoms with Crippen molar-refractivity contribution < 1.29 is 9.32 Å². The molecule has 2 atom stereocenters. The average molecular weight is 378 g/mol. The highest BCUT2D eigenvalue weighted by Gasteiger charge is 2.26. The topological polar surface area (TPSA) is 67.2 Å². The van der Waals surface area contributed by atoms with Crippen LogP contribution in [0.4, 0.5) is 5.69 Å². The van der Waals surface area contributed by atoms with E-state index < -0.39 is 0 Å². The molecule has 0 radical (unpaired) electrons. The zero-order valence-electron chi connectivity index (χ0n) is 15.7. The highest BCUT2D eigenvalue weighted by molar-refractivity contribution is 6.30. The summed E-state index contributed by atoms with van der Waals surface area (Å²) in [7, 11) is 0. The molecule has 3 rings (SSSR count). The van der Waals surface area contributed by atoms with Crippen LogP contribution in [-0.2, 0) is 11.2 Å². The van der Waals surface area contributed by atoms with Crippen molar-refractivity contribution in [3.8, 4) is 0 Å². The highest BCUT2D eigenvalue weighted by atomic mass is 35.5. The van der Waals surface area contributed by atoms with Gasteiger partial charge < -0.3 is 15.2 Å². The Labute approximate surface area is 160 Å². The Morgan fingerprint density at radius 1 is 1.46 bits per heavy atom. The number of nitrogens with one attached hydrogen (secondary N) is 2. The molecule has 0 fully saturated rings. The molecule has 1 aromatic carbocycles. The fourth-order valence-electron chi connectivity index (χ4n) is 3.05. The van der Waals surface area contributed by atoms with E-state index in [1.165, 1.54) is 0 Å². The molecule has 1 aliphatic rings. The summed E-state index contributed by atoms with van der Waals surface area (Å²) in [5, 5.41) is 10.9. The van der Waals surface area contributed by atoms with Gasteiger partial charge in [0.1, 0.15) is 12.3 Å². The minimum absolute atomic E-state index is 0.0119. The monoisotopic (exact) mass is 377 g/mol. The molecule has 26 heavy (non-hydrogen) atoms. The number of carbonyl (C=O) groups excluding carboxylic acids is 1. The Bertz CT molecular complexity index is 688. The minimum Gasteiger partial charge on any atom is -0.373 e. The van der Waals surface area contributed by atoms with Crippen LogP contribution in [-0.4, -0.2) is 17.1 Å². The first-order valence-corrected chi connectivity index (χ1v) is 9.79. The van der Waals surface area contributed by atoms with Gasteiger partial charge in [-0.3, -0.25) is 4.79 Å². The molecule has 142 valence electrons. The summed E-state index contributed by atoms with van der Waals surface area (Å²) in [6, 6.07) is 5.44. The molecule has 0 aliphatic carbocycles. The second-order valence-electron chi connectivity index (χ2n) is 6.20. The lowest BCUT2D eigenvalue weighted by molar-refractivity contribution is -0.122. The molecule has 1 aliphatic heterocycles. The number of hydrogen-bond donors (Lipinski definition) is 2. The van der Waals surface area contributed by atoms with Crippen LogP contribution in [0, 0.1) is 0 Å². The lowest BCUT2D eigenvalue weighted by Gasteiger charge is -2.28. The van der Waals surface area contributed by atoms with Crippen molar-refractivity contribution in [1.29, 1.82) is 0 Å². The highest BCUT2D eigenvalue weighted by Crippen LogP contribution is 2.28. The molecule has 0 spiro atoms. The number of aryl methyl sites for hydroxylation is 1. The number of fused-ring (bicyclic) bond motifs is 1. The third-order valence-electron chi connectivity index (χ3n) is 4.43. The lowest BCUT2D eigenvalue weighted by Crippen LogP contribution is -2.43. The summed E-state index contributed by atoms with van der Waals surface area (Å²) in [6.07, 6.45) is 7.86. The number of hydrogen-bond acceptors (Lipinski definition) is 4. The van der Waals surface area contributed by atoms with Crippen molar-refractivity contribution in [3.63, 3.8) is 0 Å². The van der Waals surface area contributed by atoms with E-state index in [0.29, 0.717) is 0 Å². The second kappa shape index (κ2) is 10.2. The van der Waals surface area contributed by atoms with Crippen LogP contribution in [0.15, 0.2) is 35.2 Å². The smallest absolute Gasteiger partial charge is 0.242 e. The van der Waals surface area contributed by atoms with E-state index in [4.69, 9.17) is 16.1 Å². The van der Waals surface area contributed by atoms with E-state index in [9.17, 15) is 4.79 Å². The molecule has 6 heteroatoms. The molecule has 2 N–H and O–H groups in total. The summed E-state index contributed by atoms with van der Waals surface area (Å²) >= 11 is 6.03. The Morgan fingerprint density at radius 3 is 2.96 bits per heavy atom. The summed E-state index contributed by atoms with van der Waals surface area (Å²) in [5.74, 6) is 0.0119. The summed E-state index contributed by atoms with van der Waals surface area (Å²) < 4.78 is 4.93. The molecule has 0 bridgehead atoms. The van der Waals surface area contributed by atoms with Gasteiger partial charge in [-0.05, 0) is 43.0 Å². The third-order valence-corrected chi connectivity index (χ3v) is 4.67. The molecule has 2 unspecified atom stereocenters. The maximum absolute atomic E-state index is 12.7. The Morgan fingerprint density at radius 2 is 2.27 bits per heavy atom. The van der Waals surface area contributed by atoms with Gasteiger partial charge in [0.25, 0.3) is 0 Å². The third kappa shape index (κ3) is 5.24. The van der Waals surface area contributed by atoms with E-state index in [2.05, 4.69) is 22.7 Å². The fourth-order valence-corrected chi connectivity index (χ4v) is 3.25. The van der Waals surface area contributed by atoms with Gasteiger partial charge in [-0.2, -0.15) is 0 Å². The van der Waals surface area contributed by atoms with Gasteiger partial charge in [0.15, 0.2) is 0 Å². The Hall–Kier alpha value is -2.01. The predicted octanol–water partition coefficient (Wildman–Crippen LogP) is 5.13. The van der Waals surface area contributed by atoms with Gasteiger partial charge in [-0.15, -0.1) is 0 Å². The standard InChI is InChI=1S/C18H22ClN3O2.C2H6/c1-2-3-4-15(13-10-20-24-11-13)22-18(23)17-7-5-12-9-14(19)6-8-16(12)21-17;1-2/h6,8-11,15,17,21H,2-5,7H2,1H3,(H,22,23);1-2H3. The fraction of sp³-hybridized carbons (Fsp3) is 0.500. The number of carbonyl (C=O) groups is 1. The molecular formula is C20H28ClN3O2. The van der Waals surface area contributed by atoms with Crippen LogP contribution in [0.2, 0.25) is 5.02 Å². The van der Waals surface area contributed by atoms with Gasteiger partial charge >= 0.3 is 0 Å². The second-order valence-corrected chi connectivity index (χ2v) is 6.63. The van der Waals surface area contributed by atoms with Gasteiger partial charge in [0.05, 0.1) is 12.2 Å². The summed E-state index contributed by atoms with van der Waals surface area (Å²) in [4.78, 5) is 12.7. The predicted molar refractivity (Wildman–Crippen MR) is 105 cm³/mol. The summed E-state index contributed by atoms with van der Waals surface area (Å²) in [5.41, 5.74) is 3.06. The normalized spacial score (nSPS) is 16.5. The van der Waals surface area contributed by atoms with Crippen LogP contribution < -0.4 is 10.6 Å². The largest absolute Gasteiger partial charge is 0.373 e. The van der Waals surface area contributed by atoms with Crippen LogP contribution in [0.5, 0.6) is 0 Å². The van der Waals surface area contributed by atoms with Crippen LogP contribution in [0.3, 0.4) is 0 Å². The zero-order valence-corrected chi connectivity index (χ0v) is 16.5. The number of aromatic nitrogens is 1. The van der Waals surface area contributed by atoms with Crippen molar-refractivity contribution in [2.24, 2.45) is 0 Å². The maximum Gasteiger partial charge on any atom is 0.242 e. The van der Waals surface area contributed by atoms with Crippen molar-refractivity contribution in [2.75, 3.05) is 5.32 Å². The van der Waals surface area contributed by atoms with Crippen LogP contribution in [0.25, 0.3) is 0 Å². The Balaban J connectivity index is 0.00000117. The quantitative estimate of drug-likeness (QED) is 0.732. The zero-order chi connectivity index (χ0) is 18.9. The number of nitrogens with zero attached hydrogens (tertiary/aromatic N) is 1. The SMILES string of the molecule is CC.CCCCC(NC(=O)C1CCc2cc(Cl)ccc2N1)c1cnoc1. The number of unbranched alkanes of at least 4 members (excludes halogenated alkanes) is 1. The summed E-state index contributed by atoms with van der Waals surface area (Å²) in [6.45, 7) is 6.14. The maximum atomic E-state index is 12.7. The van der Waals surface area contributed by atoms with E-state index in [0.717, 1.165) is 53.9 Å². The first-order chi connectivity index (χ1) is 12.7. The lowest BCUT2D eigenvalue weighted by atomic mass is 9.97. The van der Waals surface area contributed by atoms with Crippen molar-refractivity contribution in [2.45, 2.75) is 65.0 Å². The average Bonchev–Trinajstić information content (AvgIpc) is 3.20. The number of rotatable bonds is 6. The number of halogens is 1. The molecule has 0 saturated heterocycles. The van der Waals surface area contributed by atoms with Gasteiger partial charge in [0.2, 0.25) is 5.91 Å². The molecule has 5 nitrogen and oxygen atoms in total. The molecule has 2 aromatic rings. The number of amides is 1. The molecule has 1 amide bonds. The van der Waals surface area contributed by atoms with Crippen molar-refractivity contribution in [1.82, 2.24) is 10.5 Å². The van der Waals surface area contributed by atoms with Crippen molar-refractivity contribution in [3.05, 3.63) is 46.8 Å². The number of anilines is 1. The molecule has 0 saturated carbocycles.